The third kappa shape index (κ3) is 2.89. The monoisotopic (exact) mass is 197 g/mol. The van der Waals surface area contributed by atoms with Crippen LogP contribution in [0.15, 0.2) is 6.07 Å². The summed E-state index contributed by atoms with van der Waals surface area (Å²) in [7, 11) is 1.28. The number of methoxy groups -OCH3 is 1. The molecule has 0 atom stereocenters. The van der Waals surface area contributed by atoms with Crippen molar-refractivity contribution in [2.75, 3.05) is 19.5 Å². The predicted molar refractivity (Wildman–Crippen MR) is 48.7 cm³/mol. The van der Waals surface area contributed by atoms with Gasteiger partial charge < -0.3 is 15.2 Å². The maximum Gasteiger partial charge on any atom is 0.343 e. The highest BCUT2D eigenvalue weighted by molar-refractivity contribution is 5.70. The van der Waals surface area contributed by atoms with Crippen LogP contribution < -0.4 is 10.5 Å². The van der Waals surface area contributed by atoms with Crippen LogP contribution in [-0.2, 0) is 9.53 Å². The fourth-order valence-corrected chi connectivity index (χ4v) is 0.828. The maximum atomic E-state index is 10.7. The summed E-state index contributed by atoms with van der Waals surface area (Å²) in [6, 6.07) is 1.58. The first kappa shape index (κ1) is 10.2. The molecule has 0 radical (unpaired) electrons. The van der Waals surface area contributed by atoms with Gasteiger partial charge in [0, 0.05) is 11.8 Å². The highest BCUT2D eigenvalue weighted by Gasteiger charge is 2.04. The van der Waals surface area contributed by atoms with Crippen molar-refractivity contribution in [1.82, 2.24) is 9.97 Å². The Hall–Kier alpha value is -1.85. The van der Waals surface area contributed by atoms with Crippen molar-refractivity contribution in [2.45, 2.75) is 6.92 Å². The molecule has 0 aliphatic heterocycles. The van der Waals surface area contributed by atoms with Crippen molar-refractivity contribution >= 4 is 11.9 Å². The summed E-state index contributed by atoms with van der Waals surface area (Å²) in [4.78, 5) is 18.4. The molecule has 0 aromatic carbocycles. The average molecular weight is 197 g/mol. The first-order valence-corrected chi connectivity index (χ1v) is 3.92. The number of carbonyl (C=O) groups is 1. The summed E-state index contributed by atoms with van der Waals surface area (Å²) in [5, 5.41) is 0. The van der Waals surface area contributed by atoms with Gasteiger partial charge in [-0.15, -0.1) is 0 Å². The van der Waals surface area contributed by atoms with Crippen molar-refractivity contribution in [3.63, 3.8) is 0 Å². The van der Waals surface area contributed by atoms with E-state index in [0.717, 1.165) is 0 Å². The lowest BCUT2D eigenvalue weighted by molar-refractivity contribution is -0.143. The van der Waals surface area contributed by atoms with Crippen LogP contribution in [0.25, 0.3) is 0 Å². The Bertz CT molecular complexity index is 320. The lowest BCUT2D eigenvalue weighted by atomic mass is 10.4. The summed E-state index contributed by atoms with van der Waals surface area (Å²) < 4.78 is 9.41. The maximum absolute atomic E-state index is 10.7. The molecule has 6 nitrogen and oxygen atoms in total. The molecule has 2 N–H and O–H groups in total. The number of nitrogens with two attached hydrogens (primary N) is 1. The number of carbonyl (C=O) groups excluding carboxylic acids is 1. The first-order valence-electron chi connectivity index (χ1n) is 3.92. The van der Waals surface area contributed by atoms with E-state index in [2.05, 4.69) is 14.7 Å². The van der Waals surface area contributed by atoms with Gasteiger partial charge in [0.1, 0.15) is 0 Å². The van der Waals surface area contributed by atoms with E-state index in [9.17, 15) is 4.79 Å². The number of nitrogen functional groups attached to an aromatic ring is 1. The molecule has 0 amide bonds. The highest BCUT2D eigenvalue weighted by Crippen LogP contribution is 2.09. The molecular formula is C8H11N3O3. The number of hydrogen-bond acceptors (Lipinski definition) is 6. The van der Waals surface area contributed by atoms with E-state index in [-0.39, 0.29) is 18.4 Å². The zero-order valence-corrected chi connectivity index (χ0v) is 7.98. The van der Waals surface area contributed by atoms with Crippen LogP contribution in [-0.4, -0.2) is 29.7 Å². The fourth-order valence-electron chi connectivity index (χ4n) is 0.828. The van der Waals surface area contributed by atoms with E-state index < -0.39 is 5.97 Å². The minimum Gasteiger partial charge on any atom is -0.466 e. The number of anilines is 1. The Balaban J connectivity index is 2.63. The third-order valence-corrected chi connectivity index (χ3v) is 1.41. The molecule has 0 saturated heterocycles. The summed E-state index contributed by atoms with van der Waals surface area (Å²) in [6.45, 7) is 1.56. The van der Waals surface area contributed by atoms with Crippen molar-refractivity contribution in [1.29, 1.82) is 0 Å². The second-order valence-electron chi connectivity index (χ2n) is 2.57. The van der Waals surface area contributed by atoms with Gasteiger partial charge in [-0.05, 0) is 6.92 Å². The molecule has 0 bridgehead atoms. The largest absolute Gasteiger partial charge is 0.466 e. The van der Waals surface area contributed by atoms with Gasteiger partial charge in [0.15, 0.2) is 6.61 Å². The zero-order valence-electron chi connectivity index (χ0n) is 7.98. The normalized spacial score (nSPS) is 9.57. The van der Waals surface area contributed by atoms with Gasteiger partial charge in [-0.2, -0.15) is 4.98 Å². The molecule has 0 aliphatic carbocycles. The molecule has 0 aliphatic rings. The van der Waals surface area contributed by atoms with Crippen LogP contribution in [0.4, 0.5) is 5.95 Å². The predicted octanol–water partition coefficient (Wildman–Crippen LogP) is -0.0810. The Morgan fingerprint density at radius 2 is 2.29 bits per heavy atom. The van der Waals surface area contributed by atoms with Crippen molar-refractivity contribution in [3.05, 3.63) is 11.8 Å². The average Bonchev–Trinajstić information content (AvgIpc) is 2.12. The van der Waals surface area contributed by atoms with Crippen LogP contribution in [0.3, 0.4) is 0 Å². The van der Waals surface area contributed by atoms with E-state index in [1.807, 2.05) is 0 Å². The number of nitrogens with zero attached hydrogens (tertiary/aromatic N) is 2. The molecule has 1 aromatic heterocycles. The summed E-state index contributed by atoms with van der Waals surface area (Å²) in [6.07, 6.45) is 0. The molecule has 1 heterocycles. The molecule has 0 spiro atoms. The summed E-state index contributed by atoms with van der Waals surface area (Å²) in [5.41, 5.74) is 6.06. The van der Waals surface area contributed by atoms with Crippen molar-refractivity contribution in [2.24, 2.45) is 0 Å². The number of hydrogen-bond donors (Lipinski definition) is 1. The quantitative estimate of drug-likeness (QED) is 0.682. The van der Waals surface area contributed by atoms with Crippen LogP contribution in [0, 0.1) is 6.92 Å². The Morgan fingerprint density at radius 1 is 1.57 bits per heavy atom. The van der Waals surface area contributed by atoms with E-state index in [0.29, 0.717) is 5.69 Å². The molecule has 0 saturated carbocycles. The van der Waals surface area contributed by atoms with Gasteiger partial charge in [-0.1, -0.05) is 0 Å². The van der Waals surface area contributed by atoms with Gasteiger partial charge in [0.05, 0.1) is 7.11 Å². The fraction of sp³-hybridized carbons (Fsp3) is 0.375. The lowest BCUT2D eigenvalue weighted by Gasteiger charge is -2.04. The highest BCUT2D eigenvalue weighted by atomic mass is 16.6. The zero-order chi connectivity index (χ0) is 10.6. The Labute approximate surface area is 81.1 Å². The Morgan fingerprint density at radius 3 is 2.86 bits per heavy atom. The van der Waals surface area contributed by atoms with Crippen LogP contribution in [0.2, 0.25) is 0 Å². The van der Waals surface area contributed by atoms with Gasteiger partial charge in [-0.25, -0.2) is 9.78 Å². The Kier molecular flexibility index (Phi) is 3.22. The van der Waals surface area contributed by atoms with Gasteiger partial charge >= 0.3 is 5.97 Å². The standard InChI is InChI=1S/C8H11N3O3/c1-5-3-6(11-8(9)10-5)14-4-7(12)13-2/h3H,4H2,1-2H3,(H2,9,10,11). The molecule has 14 heavy (non-hydrogen) atoms. The molecule has 1 aromatic rings. The van der Waals surface area contributed by atoms with Crippen molar-refractivity contribution < 1.29 is 14.3 Å². The molecule has 1 rings (SSSR count). The second kappa shape index (κ2) is 4.40. The van der Waals surface area contributed by atoms with E-state index in [1.165, 1.54) is 7.11 Å². The van der Waals surface area contributed by atoms with Gasteiger partial charge in [0.2, 0.25) is 11.8 Å². The number of aromatic nitrogens is 2. The second-order valence-corrected chi connectivity index (χ2v) is 2.57. The van der Waals surface area contributed by atoms with E-state index >= 15 is 0 Å². The smallest absolute Gasteiger partial charge is 0.343 e. The summed E-state index contributed by atoms with van der Waals surface area (Å²) in [5.74, 6) is -0.0925. The molecule has 0 fully saturated rings. The molecule has 0 unspecified atom stereocenters. The number of ether oxygens (including phenoxy) is 2. The van der Waals surface area contributed by atoms with Crippen LogP contribution in [0.1, 0.15) is 5.69 Å². The third-order valence-electron chi connectivity index (χ3n) is 1.41. The van der Waals surface area contributed by atoms with Crippen molar-refractivity contribution in [3.8, 4) is 5.88 Å². The minimum absolute atomic E-state index is 0.116. The summed E-state index contributed by atoms with van der Waals surface area (Å²) >= 11 is 0. The topological polar surface area (TPSA) is 87.3 Å². The van der Waals surface area contributed by atoms with Crippen LogP contribution in [0.5, 0.6) is 5.88 Å². The number of esters is 1. The molecule has 6 heteroatoms. The minimum atomic E-state index is -0.472. The molecular weight excluding hydrogens is 186 g/mol. The SMILES string of the molecule is COC(=O)COc1cc(C)nc(N)n1. The lowest BCUT2D eigenvalue weighted by Crippen LogP contribution is -2.13. The first-order chi connectivity index (χ1) is 6.61. The van der Waals surface area contributed by atoms with E-state index in [1.54, 1.807) is 13.0 Å². The van der Waals surface area contributed by atoms with E-state index in [4.69, 9.17) is 10.5 Å². The molecule has 76 valence electrons. The van der Waals surface area contributed by atoms with Gasteiger partial charge in [-0.3, -0.25) is 0 Å². The number of aryl methyl sites for hydroxylation is 1. The van der Waals surface area contributed by atoms with Crippen LogP contribution >= 0.6 is 0 Å². The van der Waals surface area contributed by atoms with Gasteiger partial charge in [0.25, 0.3) is 0 Å². The number of rotatable bonds is 3.